The van der Waals surface area contributed by atoms with Gasteiger partial charge in [-0.1, -0.05) is 133 Å². The maximum Gasteiger partial charge on any atom is 0.138 e. The molecular formula is C54H36N4O. The van der Waals surface area contributed by atoms with Crippen LogP contribution in [0.4, 0.5) is 22.7 Å². The molecule has 10 bridgehead atoms. The highest BCUT2D eigenvalue weighted by Gasteiger charge is 2.32. The summed E-state index contributed by atoms with van der Waals surface area (Å²) >= 11 is 0. The van der Waals surface area contributed by atoms with Gasteiger partial charge in [0.1, 0.15) is 24.0 Å². The van der Waals surface area contributed by atoms with Gasteiger partial charge in [-0.05, 0) is 82.9 Å². The first-order valence-corrected chi connectivity index (χ1v) is 20.1. The third kappa shape index (κ3) is 5.43. The van der Waals surface area contributed by atoms with Gasteiger partial charge in [0.05, 0.1) is 33.8 Å². The fourth-order valence-electron chi connectivity index (χ4n) is 9.16. The average molecular weight is 757 g/mol. The first kappa shape index (κ1) is 33.3. The fraction of sp³-hybridized carbons (Fsp3) is 0.0185. The Bertz CT molecular complexity index is 3260. The van der Waals surface area contributed by atoms with Gasteiger partial charge in [0.15, 0.2) is 0 Å². The number of ether oxygens (including phenoxy) is 1. The van der Waals surface area contributed by atoms with Gasteiger partial charge in [0.2, 0.25) is 0 Å². The number of para-hydroxylation sites is 4. The van der Waals surface area contributed by atoms with E-state index >= 15 is 0 Å². The molecule has 2 aliphatic heterocycles. The molecule has 2 aliphatic rings. The molecule has 2 aromatic heterocycles. The first-order valence-electron chi connectivity index (χ1n) is 20.1. The number of fused-ring (bicyclic) bond motifs is 23. The lowest BCUT2D eigenvalue weighted by Crippen LogP contribution is -2.25. The van der Waals surface area contributed by atoms with Gasteiger partial charge in [-0.2, -0.15) is 0 Å². The van der Waals surface area contributed by atoms with Crippen LogP contribution in [-0.4, -0.2) is 16.2 Å². The van der Waals surface area contributed by atoms with Crippen LogP contribution in [0.15, 0.2) is 206 Å². The zero-order valence-electron chi connectivity index (χ0n) is 32.0. The second-order valence-electron chi connectivity index (χ2n) is 15.2. The van der Waals surface area contributed by atoms with Crippen molar-refractivity contribution >= 4 is 44.6 Å². The monoisotopic (exact) mass is 756 g/mol. The number of benzene rings is 8. The molecule has 5 nitrogen and oxygen atoms in total. The van der Waals surface area contributed by atoms with Crippen LogP contribution < -0.4 is 14.5 Å². The van der Waals surface area contributed by atoms with Gasteiger partial charge in [0, 0.05) is 45.3 Å². The molecule has 0 aliphatic carbocycles. The molecule has 4 heterocycles. The van der Waals surface area contributed by atoms with Gasteiger partial charge < -0.3 is 14.5 Å². The van der Waals surface area contributed by atoms with Crippen molar-refractivity contribution in [1.82, 2.24) is 9.55 Å². The Hall–Kier alpha value is -7.89. The minimum Gasteiger partial charge on any atom is -0.457 e. The van der Waals surface area contributed by atoms with Gasteiger partial charge in [0.25, 0.3) is 0 Å². The molecule has 10 aromatic rings. The van der Waals surface area contributed by atoms with Crippen molar-refractivity contribution in [2.24, 2.45) is 0 Å². The molecule has 0 atom stereocenters. The van der Waals surface area contributed by atoms with Crippen molar-refractivity contribution < 1.29 is 4.74 Å². The van der Waals surface area contributed by atoms with E-state index in [4.69, 9.17) is 9.72 Å². The summed E-state index contributed by atoms with van der Waals surface area (Å²) in [6, 6.07) is 73.6. The molecule has 0 saturated carbocycles. The second-order valence-corrected chi connectivity index (χ2v) is 15.2. The van der Waals surface area contributed by atoms with E-state index in [2.05, 4.69) is 215 Å². The molecule has 0 N–H and O–H groups in total. The summed E-state index contributed by atoms with van der Waals surface area (Å²) in [5, 5.41) is 2.32. The van der Waals surface area contributed by atoms with Crippen LogP contribution in [0.2, 0.25) is 0 Å². The van der Waals surface area contributed by atoms with E-state index in [0.29, 0.717) is 6.67 Å². The van der Waals surface area contributed by atoms with Crippen LogP contribution in [0.25, 0.3) is 72.3 Å². The average Bonchev–Trinajstić information content (AvgIpc) is 3.85. The summed E-state index contributed by atoms with van der Waals surface area (Å²) < 4.78 is 9.01. The Morgan fingerprint density at radius 3 is 1.98 bits per heavy atom. The number of nitrogens with zero attached hydrogens (tertiary/aromatic N) is 4. The minimum atomic E-state index is 0.616. The SMILES string of the molecule is c1ccc(-c2cccc3c2N2CN(c4cccc(c4)Oc4ccc5c6ccccc6n(c5c4)-c4cccc(n4)-c4cccc(c4)-c4ccccc4-3)c3ccccc32)cc1. The van der Waals surface area contributed by atoms with E-state index in [1.165, 1.54) is 16.5 Å². The van der Waals surface area contributed by atoms with E-state index in [-0.39, 0.29) is 0 Å². The predicted octanol–water partition coefficient (Wildman–Crippen LogP) is 14.2. The Morgan fingerprint density at radius 1 is 0.407 bits per heavy atom. The smallest absolute Gasteiger partial charge is 0.138 e. The van der Waals surface area contributed by atoms with Crippen LogP contribution in [0.1, 0.15) is 0 Å². The molecule has 278 valence electrons. The summed E-state index contributed by atoms with van der Waals surface area (Å²) in [5.41, 5.74) is 15.5. The summed E-state index contributed by atoms with van der Waals surface area (Å²) in [6.45, 7) is 0.616. The maximum atomic E-state index is 6.75. The summed E-state index contributed by atoms with van der Waals surface area (Å²) in [6.07, 6.45) is 0. The number of hydrogen-bond acceptors (Lipinski definition) is 4. The lowest BCUT2D eigenvalue weighted by molar-refractivity contribution is 0.483. The van der Waals surface area contributed by atoms with Crippen molar-refractivity contribution in [2.75, 3.05) is 16.5 Å². The molecule has 0 radical (unpaired) electrons. The van der Waals surface area contributed by atoms with Gasteiger partial charge in [-0.15, -0.1) is 0 Å². The van der Waals surface area contributed by atoms with Crippen molar-refractivity contribution in [3.05, 3.63) is 206 Å². The number of aromatic nitrogens is 2. The topological polar surface area (TPSA) is 33.5 Å². The molecule has 0 spiro atoms. The fourth-order valence-corrected chi connectivity index (χ4v) is 9.16. The molecule has 5 heteroatoms. The molecule has 8 aromatic carbocycles. The number of rotatable bonds is 1. The van der Waals surface area contributed by atoms with Crippen LogP contribution in [0, 0.1) is 0 Å². The third-order valence-corrected chi connectivity index (χ3v) is 11.8. The zero-order valence-corrected chi connectivity index (χ0v) is 32.0. The number of hydrogen-bond donors (Lipinski definition) is 0. The van der Waals surface area contributed by atoms with Crippen molar-refractivity contribution in [1.29, 1.82) is 0 Å². The molecule has 0 unspecified atom stereocenters. The van der Waals surface area contributed by atoms with Gasteiger partial charge in [-0.25, -0.2) is 4.98 Å². The van der Waals surface area contributed by atoms with E-state index < -0.39 is 0 Å². The van der Waals surface area contributed by atoms with Crippen LogP contribution in [-0.2, 0) is 0 Å². The predicted molar refractivity (Wildman–Crippen MR) is 242 cm³/mol. The molecular weight excluding hydrogens is 721 g/mol. The summed E-state index contributed by atoms with van der Waals surface area (Å²) in [7, 11) is 0. The lowest BCUT2D eigenvalue weighted by Gasteiger charge is -2.28. The molecule has 0 amide bonds. The van der Waals surface area contributed by atoms with Crippen LogP contribution >= 0.6 is 0 Å². The molecule has 0 fully saturated rings. The van der Waals surface area contributed by atoms with Crippen LogP contribution in [0.3, 0.4) is 0 Å². The highest BCUT2D eigenvalue weighted by atomic mass is 16.5. The highest BCUT2D eigenvalue weighted by Crippen LogP contribution is 2.51. The number of anilines is 4. The van der Waals surface area contributed by atoms with Gasteiger partial charge >= 0.3 is 0 Å². The quantitative estimate of drug-likeness (QED) is 0.167. The van der Waals surface area contributed by atoms with Crippen LogP contribution in [0.5, 0.6) is 11.5 Å². The van der Waals surface area contributed by atoms with Crippen molar-refractivity contribution in [3.8, 4) is 62.0 Å². The Kier molecular flexibility index (Phi) is 7.53. The maximum absolute atomic E-state index is 6.75. The van der Waals surface area contributed by atoms with Crippen molar-refractivity contribution in [2.45, 2.75) is 0 Å². The molecule has 59 heavy (non-hydrogen) atoms. The Balaban J connectivity index is 1.14. The van der Waals surface area contributed by atoms with E-state index in [9.17, 15) is 0 Å². The first-order chi connectivity index (χ1) is 29.2. The minimum absolute atomic E-state index is 0.616. The zero-order chi connectivity index (χ0) is 38.9. The summed E-state index contributed by atoms with van der Waals surface area (Å²) in [5.74, 6) is 2.38. The molecule has 12 rings (SSSR count). The largest absolute Gasteiger partial charge is 0.457 e. The van der Waals surface area contributed by atoms with E-state index in [1.54, 1.807) is 0 Å². The van der Waals surface area contributed by atoms with Crippen molar-refractivity contribution in [3.63, 3.8) is 0 Å². The van der Waals surface area contributed by atoms with Gasteiger partial charge in [-0.3, -0.25) is 4.57 Å². The lowest BCUT2D eigenvalue weighted by atomic mass is 9.89. The van der Waals surface area contributed by atoms with E-state index in [1.807, 2.05) is 6.07 Å². The Labute approximate surface area is 342 Å². The second kappa shape index (κ2) is 13.4. The number of pyridine rings is 1. The van der Waals surface area contributed by atoms with E-state index in [0.717, 1.165) is 90.0 Å². The standard InChI is InChI=1S/C54H36N4O/c1-2-14-36(15-3-1)43-23-12-24-47-44-21-5-4-20-42(44)37-16-10-17-38(32-37)48-25-13-29-53(55-48)58-49-26-7-6-22-45(49)46-31-30-41(34-52(46)58)59-40-19-11-18-39(33-40)56-35-57(54(43)47)51-28-9-8-27-50(51)56/h1-34H,35H2. The normalized spacial score (nSPS) is 12.7. The highest BCUT2D eigenvalue weighted by molar-refractivity contribution is 6.09. The molecule has 0 saturated heterocycles. The third-order valence-electron chi connectivity index (χ3n) is 11.8. The summed E-state index contributed by atoms with van der Waals surface area (Å²) in [4.78, 5) is 10.2. The Morgan fingerprint density at radius 2 is 1.07 bits per heavy atom.